The number of carbonyl (C=O) groups excluding carboxylic acids is 1. The van der Waals surface area contributed by atoms with Crippen molar-refractivity contribution in [1.29, 1.82) is 0 Å². The Balaban J connectivity index is 1.77. The summed E-state index contributed by atoms with van der Waals surface area (Å²) in [5, 5.41) is 3.44. The van der Waals surface area contributed by atoms with Crippen molar-refractivity contribution in [3.05, 3.63) is 83.9 Å². The molecule has 0 aliphatic heterocycles. The molecule has 0 aliphatic rings. The van der Waals surface area contributed by atoms with E-state index in [4.69, 9.17) is 4.98 Å². The molecule has 3 heterocycles. The van der Waals surface area contributed by atoms with E-state index in [1.165, 1.54) is 28.7 Å². The minimum atomic E-state index is -0.230. The van der Waals surface area contributed by atoms with Crippen LogP contribution in [0.1, 0.15) is 21.5 Å². The molecule has 0 fully saturated rings. The number of anilines is 1. The highest BCUT2D eigenvalue weighted by molar-refractivity contribution is 7.19. The number of hydrogen-bond acceptors (Lipinski definition) is 5. The predicted octanol–water partition coefficient (Wildman–Crippen LogP) is 5.14. The molecule has 138 valence electrons. The van der Waals surface area contributed by atoms with E-state index >= 15 is 0 Å². The van der Waals surface area contributed by atoms with Crippen LogP contribution in [0.3, 0.4) is 0 Å². The predicted molar refractivity (Wildman–Crippen MR) is 112 cm³/mol. The van der Waals surface area contributed by atoms with Crippen molar-refractivity contribution in [1.82, 2.24) is 15.0 Å². The summed E-state index contributed by atoms with van der Waals surface area (Å²) < 4.78 is 0. The van der Waals surface area contributed by atoms with Crippen molar-refractivity contribution in [3.8, 4) is 21.7 Å². The Labute approximate surface area is 167 Å². The van der Waals surface area contributed by atoms with Gasteiger partial charge in [0.15, 0.2) is 5.13 Å². The standard InChI is InChI=1S/C22H18N4OS/c1-14-9-15(2)11-18(10-14)19-20(16-5-3-7-23-12-16)28-22(25-19)26-21(27)17-6-4-8-24-13-17/h3-13H,1-2H3,(H,25,26,27). The number of nitrogens with zero attached hydrogens (tertiary/aromatic N) is 3. The van der Waals surface area contributed by atoms with Crippen LogP contribution in [0.15, 0.2) is 67.3 Å². The summed E-state index contributed by atoms with van der Waals surface area (Å²) in [6.07, 6.45) is 6.73. The van der Waals surface area contributed by atoms with Gasteiger partial charge < -0.3 is 0 Å². The molecule has 0 saturated carbocycles. The number of benzene rings is 1. The van der Waals surface area contributed by atoms with Crippen molar-refractivity contribution >= 4 is 22.4 Å². The molecule has 0 aliphatic carbocycles. The molecule has 0 bridgehead atoms. The molecule has 1 N–H and O–H groups in total. The molecule has 0 spiro atoms. The maximum atomic E-state index is 12.5. The Kier molecular flexibility index (Phi) is 4.95. The maximum absolute atomic E-state index is 12.5. The van der Waals surface area contributed by atoms with Gasteiger partial charge in [0.05, 0.1) is 16.1 Å². The highest BCUT2D eigenvalue weighted by Gasteiger charge is 2.17. The third-order valence-corrected chi connectivity index (χ3v) is 5.21. The van der Waals surface area contributed by atoms with Crippen LogP contribution in [0.25, 0.3) is 21.7 Å². The van der Waals surface area contributed by atoms with Crippen molar-refractivity contribution in [2.45, 2.75) is 13.8 Å². The lowest BCUT2D eigenvalue weighted by Crippen LogP contribution is -2.11. The monoisotopic (exact) mass is 386 g/mol. The fraction of sp³-hybridized carbons (Fsp3) is 0.0909. The summed E-state index contributed by atoms with van der Waals surface area (Å²) in [5.41, 5.74) is 5.66. The quantitative estimate of drug-likeness (QED) is 0.527. The average Bonchev–Trinajstić information content (AvgIpc) is 3.12. The second-order valence-electron chi connectivity index (χ2n) is 6.51. The number of aryl methyl sites for hydroxylation is 2. The van der Waals surface area contributed by atoms with Gasteiger partial charge in [0.2, 0.25) is 0 Å². The van der Waals surface area contributed by atoms with E-state index in [-0.39, 0.29) is 5.91 Å². The molecule has 5 nitrogen and oxygen atoms in total. The lowest BCUT2D eigenvalue weighted by molar-refractivity contribution is 0.102. The second kappa shape index (κ2) is 7.70. The molecule has 0 unspecified atom stereocenters. The van der Waals surface area contributed by atoms with Crippen LogP contribution < -0.4 is 5.32 Å². The number of amides is 1. The van der Waals surface area contributed by atoms with Crippen molar-refractivity contribution in [2.24, 2.45) is 0 Å². The number of pyridine rings is 2. The highest BCUT2D eigenvalue weighted by Crippen LogP contribution is 2.39. The van der Waals surface area contributed by atoms with Gasteiger partial charge in [-0.05, 0) is 44.2 Å². The molecule has 0 atom stereocenters. The summed E-state index contributed by atoms with van der Waals surface area (Å²) in [6.45, 7) is 4.13. The summed E-state index contributed by atoms with van der Waals surface area (Å²) >= 11 is 1.44. The van der Waals surface area contributed by atoms with E-state index in [0.717, 1.165) is 21.7 Å². The zero-order chi connectivity index (χ0) is 19.5. The molecule has 3 aromatic heterocycles. The van der Waals surface area contributed by atoms with E-state index in [2.05, 4.69) is 47.3 Å². The van der Waals surface area contributed by atoms with Gasteiger partial charge in [-0.15, -0.1) is 0 Å². The van der Waals surface area contributed by atoms with Gasteiger partial charge in [0.25, 0.3) is 5.91 Å². The number of aromatic nitrogens is 3. The average molecular weight is 386 g/mol. The summed E-state index contributed by atoms with van der Waals surface area (Å²) in [4.78, 5) is 26.5. The Bertz CT molecular complexity index is 1100. The van der Waals surface area contributed by atoms with E-state index in [0.29, 0.717) is 10.7 Å². The Hall–Kier alpha value is -3.38. The van der Waals surface area contributed by atoms with Gasteiger partial charge >= 0.3 is 0 Å². The van der Waals surface area contributed by atoms with Gasteiger partial charge in [-0.1, -0.05) is 34.6 Å². The summed E-state index contributed by atoms with van der Waals surface area (Å²) in [7, 11) is 0. The fourth-order valence-electron chi connectivity index (χ4n) is 3.04. The Morgan fingerprint density at radius 1 is 0.929 bits per heavy atom. The van der Waals surface area contributed by atoms with E-state index in [9.17, 15) is 4.79 Å². The third kappa shape index (κ3) is 3.82. The van der Waals surface area contributed by atoms with E-state index < -0.39 is 0 Å². The first-order chi connectivity index (χ1) is 13.6. The SMILES string of the molecule is Cc1cc(C)cc(-c2nc(NC(=O)c3cccnc3)sc2-c2cccnc2)c1. The van der Waals surface area contributed by atoms with Gasteiger partial charge in [-0.2, -0.15) is 0 Å². The first-order valence-electron chi connectivity index (χ1n) is 8.81. The van der Waals surface area contributed by atoms with Crippen molar-refractivity contribution in [2.75, 3.05) is 5.32 Å². The topological polar surface area (TPSA) is 67.8 Å². The molecule has 1 aromatic carbocycles. The van der Waals surface area contributed by atoms with Gasteiger partial charge in [-0.3, -0.25) is 20.1 Å². The van der Waals surface area contributed by atoms with Crippen LogP contribution >= 0.6 is 11.3 Å². The molecule has 6 heteroatoms. The summed E-state index contributed by atoms with van der Waals surface area (Å²) in [5.74, 6) is -0.230. The van der Waals surface area contributed by atoms with Crippen LogP contribution in [-0.2, 0) is 0 Å². The molecular weight excluding hydrogens is 368 g/mol. The van der Waals surface area contributed by atoms with Crippen molar-refractivity contribution < 1.29 is 4.79 Å². The maximum Gasteiger partial charge on any atom is 0.259 e. The first-order valence-corrected chi connectivity index (χ1v) is 9.63. The van der Waals surface area contributed by atoms with Crippen LogP contribution in [0.5, 0.6) is 0 Å². The first kappa shape index (κ1) is 18.0. The molecule has 0 saturated heterocycles. The Morgan fingerprint density at radius 2 is 1.64 bits per heavy atom. The second-order valence-corrected chi connectivity index (χ2v) is 7.51. The minimum Gasteiger partial charge on any atom is -0.298 e. The zero-order valence-electron chi connectivity index (χ0n) is 15.5. The third-order valence-electron chi connectivity index (χ3n) is 4.19. The van der Waals surface area contributed by atoms with E-state index in [1.807, 2.05) is 18.3 Å². The fourth-order valence-corrected chi connectivity index (χ4v) is 4.01. The number of rotatable bonds is 4. The van der Waals surface area contributed by atoms with Crippen molar-refractivity contribution in [3.63, 3.8) is 0 Å². The number of carbonyl (C=O) groups is 1. The van der Waals surface area contributed by atoms with Crippen LogP contribution in [-0.4, -0.2) is 20.9 Å². The normalized spacial score (nSPS) is 10.6. The summed E-state index contributed by atoms with van der Waals surface area (Å²) in [6, 6.07) is 13.7. The number of hydrogen-bond donors (Lipinski definition) is 1. The van der Waals surface area contributed by atoms with Gasteiger partial charge in [-0.25, -0.2) is 4.98 Å². The molecular formula is C22H18N4OS. The number of nitrogens with one attached hydrogen (secondary N) is 1. The highest BCUT2D eigenvalue weighted by atomic mass is 32.1. The van der Waals surface area contributed by atoms with Crippen LogP contribution in [0, 0.1) is 13.8 Å². The van der Waals surface area contributed by atoms with Crippen LogP contribution in [0.4, 0.5) is 5.13 Å². The lowest BCUT2D eigenvalue weighted by atomic mass is 10.0. The number of thiazole rings is 1. The largest absolute Gasteiger partial charge is 0.298 e. The smallest absolute Gasteiger partial charge is 0.259 e. The minimum absolute atomic E-state index is 0.230. The molecule has 1 amide bonds. The lowest BCUT2D eigenvalue weighted by Gasteiger charge is -2.05. The van der Waals surface area contributed by atoms with Gasteiger partial charge in [0, 0.05) is 35.9 Å². The molecule has 4 aromatic rings. The van der Waals surface area contributed by atoms with E-state index in [1.54, 1.807) is 24.5 Å². The molecule has 28 heavy (non-hydrogen) atoms. The molecule has 0 radical (unpaired) electrons. The van der Waals surface area contributed by atoms with Gasteiger partial charge in [0.1, 0.15) is 0 Å². The Morgan fingerprint density at radius 3 is 2.29 bits per heavy atom. The zero-order valence-corrected chi connectivity index (χ0v) is 16.3. The molecule has 4 rings (SSSR count). The van der Waals surface area contributed by atoms with Crippen LogP contribution in [0.2, 0.25) is 0 Å².